The SMILES string of the molecule is COc1ccc(CCCC2CCN(C(=O)O)CC2)cc1. The number of methoxy groups -OCH3 is 1. The molecule has 0 aliphatic carbocycles. The zero-order chi connectivity index (χ0) is 14.4. The first-order valence-corrected chi connectivity index (χ1v) is 7.30. The number of benzene rings is 1. The van der Waals surface area contributed by atoms with Crippen molar-refractivity contribution in [2.24, 2.45) is 5.92 Å². The molecule has 1 heterocycles. The molecule has 0 atom stereocenters. The van der Waals surface area contributed by atoms with E-state index in [1.54, 1.807) is 7.11 Å². The summed E-state index contributed by atoms with van der Waals surface area (Å²) >= 11 is 0. The molecule has 2 rings (SSSR count). The third-order valence-corrected chi connectivity index (χ3v) is 4.12. The molecule has 4 nitrogen and oxygen atoms in total. The lowest BCUT2D eigenvalue weighted by Crippen LogP contribution is -2.37. The minimum Gasteiger partial charge on any atom is -0.497 e. The van der Waals surface area contributed by atoms with Gasteiger partial charge >= 0.3 is 6.09 Å². The van der Waals surface area contributed by atoms with Crippen molar-refractivity contribution in [1.82, 2.24) is 4.90 Å². The molecule has 4 heteroatoms. The Balaban J connectivity index is 1.67. The smallest absolute Gasteiger partial charge is 0.407 e. The molecule has 0 bridgehead atoms. The topological polar surface area (TPSA) is 49.8 Å². The highest BCUT2D eigenvalue weighted by Crippen LogP contribution is 2.23. The van der Waals surface area contributed by atoms with Crippen LogP contribution in [-0.2, 0) is 6.42 Å². The van der Waals surface area contributed by atoms with Crippen molar-refractivity contribution in [3.63, 3.8) is 0 Å². The van der Waals surface area contributed by atoms with E-state index in [1.807, 2.05) is 12.1 Å². The molecule has 20 heavy (non-hydrogen) atoms. The second-order valence-corrected chi connectivity index (χ2v) is 5.45. The average molecular weight is 277 g/mol. The molecule has 0 aromatic heterocycles. The van der Waals surface area contributed by atoms with E-state index in [0.29, 0.717) is 19.0 Å². The molecule has 110 valence electrons. The molecule has 1 aromatic rings. The van der Waals surface area contributed by atoms with Crippen molar-refractivity contribution in [3.8, 4) is 5.75 Å². The number of hydrogen-bond donors (Lipinski definition) is 1. The van der Waals surface area contributed by atoms with Crippen LogP contribution in [0.15, 0.2) is 24.3 Å². The van der Waals surface area contributed by atoms with Crippen LogP contribution in [0.5, 0.6) is 5.75 Å². The number of amides is 1. The van der Waals surface area contributed by atoms with Gasteiger partial charge in [-0.2, -0.15) is 0 Å². The molecule has 0 saturated carbocycles. The molecule has 0 spiro atoms. The monoisotopic (exact) mass is 277 g/mol. The maximum absolute atomic E-state index is 10.8. The molecule has 1 N–H and O–H groups in total. The molecular formula is C16H23NO3. The van der Waals surface area contributed by atoms with Crippen LogP contribution in [0.4, 0.5) is 4.79 Å². The molecule has 1 fully saturated rings. The zero-order valence-electron chi connectivity index (χ0n) is 12.0. The van der Waals surface area contributed by atoms with Gasteiger partial charge in [-0.25, -0.2) is 4.79 Å². The highest BCUT2D eigenvalue weighted by Gasteiger charge is 2.21. The van der Waals surface area contributed by atoms with Gasteiger partial charge in [-0.15, -0.1) is 0 Å². The summed E-state index contributed by atoms with van der Waals surface area (Å²) in [7, 11) is 1.68. The van der Waals surface area contributed by atoms with Crippen LogP contribution in [0.3, 0.4) is 0 Å². The number of likely N-dealkylation sites (tertiary alicyclic amines) is 1. The van der Waals surface area contributed by atoms with E-state index in [0.717, 1.165) is 25.0 Å². The van der Waals surface area contributed by atoms with Crippen LogP contribution < -0.4 is 4.74 Å². The summed E-state index contributed by atoms with van der Waals surface area (Å²) in [5.74, 6) is 1.58. The second-order valence-electron chi connectivity index (χ2n) is 5.45. The van der Waals surface area contributed by atoms with E-state index in [4.69, 9.17) is 9.84 Å². The number of aryl methyl sites for hydroxylation is 1. The van der Waals surface area contributed by atoms with Crippen LogP contribution in [-0.4, -0.2) is 36.3 Å². The maximum Gasteiger partial charge on any atom is 0.407 e. The van der Waals surface area contributed by atoms with E-state index >= 15 is 0 Å². The van der Waals surface area contributed by atoms with Gasteiger partial charge in [0.25, 0.3) is 0 Å². The van der Waals surface area contributed by atoms with Crippen LogP contribution in [0.1, 0.15) is 31.2 Å². The minimum atomic E-state index is -0.776. The number of nitrogens with zero attached hydrogens (tertiary/aromatic N) is 1. The predicted octanol–water partition coefficient (Wildman–Crippen LogP) is 3.41. The second kappa shape index (κ2) is 7.17. The molecule has 1 amide bonds. The Morgan fingerprint density at radius 3 is 2.50 bits per heavy atom. The molecule has 1 aliphatic rings. The first kappa shape index (κ1) is 14.7. The summed E-state index contributed by atoms with van der Waals surface area (Å²) in [5, 5.41) is 8.91. The molecule has 0 radical (unpaired) electrons. The summed E-state index contributed by atoms with van der Waals surface area (Å²) < 4.78 is 5.15. The molecular weight excluding hydrogens is 254 g/mol. The van der Waals surface area contributed by atoms with Gasteiger partial charge in [0.05, 0.1) is 7.11 Å². The first-order valence-electron chi connectivity index (χ1n) is 7.30. The highest BCUT2D eigenvalue weighted by molar-refractivity contribution is 5.64. The third kappa shape index (κ3) is 4.15. The Bertz CT molecular complexity index is 422. The van der Waals surface area contributed by atoms with Gasteiger partial charge in [0.2, 0.25) is 0 Å². The van der Waals surface area contributed by atoms with Gasteiger partial charge in [-0.1, -0.05) is 12.1 Å². The van der Waals surface area contributed by atoms with Gasteiger partial charge in [0.1, 0.15) is 5.75 Å². The number of carboxylic acid groups (broad SMARTS) is 1. The number of ether oxygens (including phenoxy) is 1. The van der Waals surface area contributed by atoms with Crippen molar-refractivity contribution in [2.45, 2.75) is 32.1 Å². The predicted molar refractivity (Wildman–Crippen MR) is 78.3 cm³/mol. The van der Waals surface area contributed by atoms with E-state index < -0.39 is 6.09 Å². The Morgan fingerprint density at radius 2 is 1.95 bits per heavy atom. The van der Waals surface area contributed by atoms with E-state index in [1.165, 1.54) is 23.3 Å². The Labute approximate surface area is 120 Å². The van der Waals surface area contributed by atoms with E-state index in [-0.39, 0.29) is 0 Å². The maximum atomic E-state index is 10.8. The Kier molecular flexibility index (Phi) is 5.27. The van der Waals surface area contributed by atoms with Crippen molar-refractivity contribution in [2.75, 3.05) is 20.2 Å². The van der Waals surface area contributed by atoms with Crippen LogP contribution in [0, 0.1) is 5.92 Å². The van der Waals surface area contributed by atoms with Crippen LogP contribution in [0.2, 0.25) is 0 Å². The van der Waals surface area contributed by atoms with Gasteiger partial charge in [-0.3, -0.25) is 0 Å². The largest absolute Gasteiger partial charge is 0.497 e. The fourth-order valence-electron chi connectivity index (χ4n) is 2.80. The van der Waals surface area contributed by atoms with Crippen LogP contribution >= 0.6 is 0 Å². The lowest BCUT2D eigenvalue weighted by molar-refractivity contribution is 0.123. The summed E-state index contributed by atoms with van der Waals surface area (Å²) in [6.07, 6.45) is 4.69. The lowest BCUT2D eigenvalue weighted by atomic mass is 9.91. The molecule has 0 unspecified atom stereocenters. The number of carbonyl (C=O) groups is 1. The van der Waals surface area contributed by atoms with Crippen molar-refractivity contribution in [1.29, 1.82) is 0 Å². The van der Waals surface area contributed by atoms with Gasteiger partial charge in [-0.05, 0) is 55.7 Å². The summed E-state index contributed by atoms with van der Waals surface area (Å²) in [6.45, 7) is 1.39. The van der Waals surface area contributed by atoms with Crippen molar-refractivity contribution < 1.29 is 14.6 Å². The van der Waals surface area contributed by atoms with Crippen molar-refractivity contribution in [3.05, 3.63) is 29.8 Å². The fraction of sp³-hybridized carbons (Fsp3) is 0.562. The average Bonchev–Trinajstić information content (AvgIpc) is 2.48. The lowest BCUT2D eigenvalue weighted by Gasteiger charge is -2.29. The number of piperidine rings is 1. The van der Waals surface area contributed by atoms with Gasteiger partial charge in [0.15, 0.2) is 0 Å². The molecule has 1 saturated heterocycles. The highest BCUT2D eigenvalue weighted by atomic mass is 16.5. The van der Waals surface area contributed by atoms with E-state index in [9.17, 15) is 4.79 Å². The normalized spacial score (nSPS) is 16.1. The molecule has 1 aliphatic heterocycles. The molecule has 1 aromatic carbocycles. The van der Waals surface area contributed by atoms with Crippen molar-refractivity contribution >= 4 is 6.09 Å². The third-order valence-electron chi connectivity index (χ3n) is 4.12. The minimum absolute atomic E-state index is 0.684. The Morgan fingerprint density at radius 1 is 1.30 bits per heavy atom. The van der Waals surface area contributed by atoms with Gasteiger partial charge < -0.3 is 14.7 Å². The number of hydrogen-bond acceptors (Lipinski definition) is 2. The van der Waals surface area contributed by atoms with E-state index in [2.05, 4.69) is 12.1 Å². The summed E-state index contributed by atoms with van der Waals surface area (Å²) in [4.78, 5) is 12.4. The first-order chi connectivity index (χ1) is 9.69. The van der Waals surface area contributed by atoms with Gasteiger partial charge in [0, 0.05) is 13.1 Å². The Hall–Kier alpha value is -1.71. The summed E-state index contributed by atoms with van der Waals surface area (Å²) in [5.41, 5.74) is 1.34. The fourth-order valence-corrected chi connectivity index (χ4v) is 2.80. The number of rotatable bonds is 5. The standard InChI is InChI=1S/C16H23NO3/c1-20-15-7-5-13(6-8-15)3-2-4-14-9-11-17(12-10-14)16(18)19/h5-8,14H,2-4,9-12H2,1H3,(H,18,19). The summed E-state index contributed by atoms with van der Waals surface area (Å²) in [6, 6.07) is 8.24. The quantitative estimate of drug-likeness (QED) is 0.897. The zero-order valence-corrected chi connectivity index (χ0v) is 12.0. The van der Waals surface area contributed by atoms with Crippen LogP contribution in [0.25, 0.3) is 0 Å².